The second kappa shape index (κ2) is 6.04. The van der Waals surface area contributed by atoms with Gasteiger partial charge in [-0.25, -0.2) is 0 Å². The lowest BCUT2D eigenvalue weighted by Crippen LogP contribution is -2.08. The van der Waals surface area contributed by atoms with E-state index in [0.717, 1.165) is 38.5 Å². The van der Waals surface area contributed by atoms with Crippen molar-refractivity contribution in [1.82, 2.24) is 0 Å². The van der Waals surface area contributed by atoms with Crippen molar-refractivity contribution in [3.8, 4) is 0 Å². The molecule has 0 radical (unpaired) electrons. The third-order valence-electron chi connectivity index (χ3n) is 4.80. The molecule has 0 spiro atoms. The van der Waals surface area contributed by atoms with Crippen molar-refractivity contribution in [2.45, 2.75) is 10.1 Å². The van der Waals surface area contributed by atoms with Crippen molar-refractivity contribution in [1.29, 1.82) is 0 Å². The van der Waals surface area contributed by atoms with Gasteiger partial charge in [0.15, 0.2) is 5.78 Å². The Labute approximate surface area is 160 Å². The van der Waals surface area contributed by atoms with E-state index in [4.69, 9.17) is 11.6 Å². The van der Waals surface area contributed by atoms with Crippen LogP contribution in [-0.2, 0) is 0 Å². The van der Waals surface area contributed by atoms with E-state index in [9.17, 15) is 4.79 Å². The summed E-state index contributed by atoms with van der Waals surface area (Å²) in [5.41, 5.74) is 5.37. The Balaban J connectivity index is 1.78. The number of ketones is 1. The van der Waals surface area contributed by atoms with Gasteiger partial charge in [0.25, 0.3) is 0 Å². The monoisotopic (exact) mass is 375 g/mol. The number of thioether (sulfide) groups is 1. The average Bonchev–Trinajstić information content (AvgIpc) is 2.84. The molecule has 2 aliphatic rings. The van der Waals surface area contributed by atoms with E-state index in [1.54, 1.807) is 11.8 Å². The molecule has 0 saturated carbocycles. The highest BCUT2D eigenvalue weighted by Gasteiger charge is 2.38. The number of rotatable bonds is 1. The first-order valence-electron chi connectivity index (χ1n) is 8.39. The summed E-state index contributed by atoms with van der Waals surface area (Å²) in [6.07, 6.45) is 0. The number of nitrogens with one attached hydrogen (secondary N) is 1. The molecule has 1 aliphatic carbocycles. The first-order chi connectivity index (χ1) is 12.7. The van der Waals surface area contributed by atoms with Crippen LogP contribution in [0.2, 0.25) is 5.02 Å². The lowest BCUT2D eigenvalue weighted by Gasteiger charge is -2.18. The highest BCUT2D eigenvalue weighted by Crippen LogP contribution is 2.53. The number of fused-ring (bicyclic) bond motifs is 3. The maximum atomic E-state index is 13.3. The van der Waals surface area contributed by atoms with E-state index in [1.165, 1.54) is 0 Å². The zero-order valence-electron chi connectivity index (χ0n) is 13.7. The molecular weight excluding hydrogens is 362 g/mol. The minimum atomic E-state index is -0.158. The van der Waals surface area contributed by atoms with Crippen molar-refractivity contribution in [3.05, 3.63) is 100 Å². The van der Waals surface area contributed by atoms with Crippen LogP contribution in [0.5, 0.6) is 0 Å². The Bertz CT molecular complexity index is 1090. The first-order valence-corrected chi connectivity index (χ1v) is 9.65. The van der Waals surface area contributed by atoms with E-state index in [-0.39, 0.29) is 11.0 Å². The van der Waals surface area contributed by atoms with Gasteiger partial charge in [-0.1, -0.05) is 66.2 Å². The topological polar surface area (TPSA) is 29.1 Å². The highest BCUT2D eigenvalue weighted by atomic mass is 35.5. The van der Waals surface area contributed by atoms with Gasteiger partial charge in [-0.15, -0.1) is 11.8 Å². The molecule has 26 heavy (non-hydrogen) atoms. The van der Waals surface area contributed by atoms with Crippen LogP contribution in [0.3, 0.4) is 0 Å². The summed E-state index contributed by atoms with van der Waals surface area (Å²) in [7, 11) is 0. The highest BCUT2D eigenvalue weighted by molar-refractivity contribution is 8.00. The molecule has 0 unspecified atom stereocenters. The molecule has 1 aliphatic heterocycles. The molecule has 1 atom stereocenters. The number of carbonyl (C=O) groups excluding carboxylic acids is 1. The molecule has 5 rings (SSSR count). The van der Waals surface area contributed by atoms with Crippen LogP contribution < -0.4 is 5.32 Å². The van der Waals surface area contributed by atoms with Crippen LogP contribution in [0, 0.1) is 0 Å². The SMILES string of the molecule is O=C1C2=C(Nc3ccccc3S[C@H]2c2ccccc2Cl)c2ccccc21. The summed E-state index contributed by atoms with van der Waals surface area (Å²) >= 11 is 8.19. The average molecular weight is 376 g/mol. The van der Waals surface area contributed by atoms with Crippen LogP contribution in [0.4, 0.5) is 5.69 Å². The minimum absolute atomic E-state index is 0.0772. The number of halogens is 1. The Morgan fingerprint density at radius 1 is 0.846 bits per heavy atom. The minimum Gasteiger partial charge on any atom is -0.354 e. The molecule has 1 heterocycles. The Hall–Kier alpha value is -2.49. The summed E-state index contributed by atoms with van der Waals surface area (Å²) < 4.78 is 0. The predicted molar refractivity (Wildman–Crippen MR) is 108 cm³/mol. The second-order valence-corrected chi connectivity index (χ2v) is 7.86. The van der Waals surface area contributed by atoms with Crippen molar-refractivity contribution in [2.75, 3.05) is 5.32 Å². The van der Waals surface area contributed by atoms with E-state index in [0.29, 0.717) is 5.02 Å². The zero-order chi connectivity index (χ0) is 17.7. The fourth-order valence-electron chi connectivity index (χ4n) is 3.59. The van der Waals surface area contributed by atoms with Gasteiger partial charge in [-0.3, -0.25) is 4.79 Å². The number of para-hydroxylation sites is 1. The molecule has 4 heteroatoms. The molecular formula is C22H14ClNOS. The summed E-state index contributed by atoms with van der Waals surface area (Å²) in [5.74, 6) is 0.0772. The number of carbonyl (C=O) groups is 1. The number of Topliss-reactive ketones (excluding diaryl/α,β-unsaturated/α-hetero) is 1. The van der Waals surface area contributed by atoms with Crippen LogP contribution >= 0.6 is 23.4 Å². The fourth-order valence-corrected chi connectivity index (χ4v) is 5.23. The normalized spacial score (nSPS) is 17.9. The largest absolute Gasteiger partial charge is 0.354 e. The van der Waals surface area contributed by atoms with E-state index in [2.05, 4.69) is 11.4 Å². The predicted octanol–water partition coefficient (Wildman–Crippen LogP) is 6.21. The molecule has 0 aromatic heterocycles. The van der Waals surface area contributed by atoms with Gasteiger partial charge in [0, 0.05) is 26.6 Å². The Morgan fingerprint density at radius 2 is 1.54 bits per heavy atom. The molecule has 1 N–H and O–H groups in total. The van der Waals surface area contributed by atoms with Crippen LogP contribution in [0.25, 0.3) is 5.70 Å². The number of hydrogen-bond donors (Lipinski definition) is 1. The zero-order valence-corrected chi connectivity index (χ0v) is 15.3. The quantitative estimate of drug-likeness (QED) is 0.548. The summed E-state index contributed by atoms with van der Waals surface area (Å²) in [6, 6.07) is 23.7. The maximum absolute atomic E-state index is 13.3. The fraction of sp³-hybridized carbons (Fsp3) is 0.0455. The van der Waals surface area contributed by atoms with E-state index < -0.39 is 0 Å². The van der Waals surface area contributed by atoms with Crippen molar-refractivity contribution in [3.63, 3.8) is 0 Å². The molecule has 0 fully saturated rings. The lowest BCUT2D eigenvalue weighted by molar-refractivity contribution is 0.103. The smallest absolute Gasteiger partial charge is 0.193 e. The molecule has 2 nitrogen and oxygen atoms in total. The van der Waals surface area contributed by atoms with Crippen LogP contribution in [0.15, 0.2) is 83.3 Å². The van der Waals surface area contributed by atoms with Crippen LogP contribution in [0.1, 0.15) is 26.7 Å². The van der Waals surface area contributed by atoms with Crippen molar-refractivity contribution < 1.29 is 4.79 Å². The van der Waals surface area contributed by atoms with Gasteiger partial charge in [-0.05, 0) is 23.8 Å². The van der Waals surface area contributed by atoms with Gasteiger partial charge in [0.05, 0.1) is 16.6 Å². The number of hydrogen-bond acceptors (Lipinski definition) is 3. The van der Waals surface area contributed by atoms with Crippen molar-refractivity contribution in [2.24, 2.45) is 0 Å². The molecule has 0 amide bonds. The van der Waals surface area contributed by atoms with E-state index >= 15 is 0 Å². The first kappa shape index (κ1) is 15.7. The maximum Gasteiger partial charge on any atom is 0.193 e. The third-order valence-corrected chi connectivity index (χ3v) is 6.48. The van der Waals surface area contributed by atoms with Gasteiger partial charge in [0.2, 0.25) is 0 Å². The molecule has 3 aromatic rings. The molecule has 126 valence electrons. The summed E-state index contributed by atoms with van der Waals surface area (Å²) in [6.45, 7) is 0. The van der Waals surface area contributed by atoms with Crippen LogP contribution in [-0.4, -0.2) is 5.78 Å². The van der Waals surface area contributed by atoms with E-state index in [1.807, 2.05) is 66.7 Å². The number of anilines is 1. The Morgan fingerprint density at radius 3 is 2.38 bits per heavy atom. The summed E-state index contributed by atoms with van der Waals surface area (Å²) in [4.78, 5) is 14.4. The van der Waals surface area contributed by atoms with Gasteiger partial charge in [-0.2, -0.15) is 0 Å². The number of benzene rings is 3. The summed E-state index contributed by atoms with van der Waals surface area (Å²) in [5, 5.41) is 4.05. The third kappa shape index (κ3) is 2.32. The van der Waals surface area contributed by atoms with Gasteiger partial charge >= 0.3 is 0 Å². The molecule has 3 aromatic carbocycles. The molecule has 0 saturated heterocycles. The van der Waals surface area contributed by atoms with Gasteiger partial charge in [0.1, 0.15) is 0 Å². The Kier molecular flexibility index (Phi) is 3.66. The molecule has 0 bridgehead atoms. The van der Waals surface area contributed by atoms with Crippen molar-refractivity contribution >= 4 is 40.5 Å². The standard InChI is InChI=1S/C22H14ClNOS/c23-16-10-4-3-9-15(16)22-19-20(13-7-1-2-8-14(13)21(19)25)24-17-11-5-6-12-18(17)26-22/h1-12,22,24H/t22-/m0/s1. The van der Waals surface area contributed by atoms with Gasteiger partial charge < -0.3 is 5.32 Å². The lowest BCUT2D eigenvalue weighted by atomic mass is 10.0. The second-order valence-electron chi connectivity index (χ2n) is 6.30.